The van der Waals surface area contributed by atoms with E-state index in [1.54, 1.807) is 19.9 Å². The Labute approximate surface area is 87.7 Å². The molecule has 0 aromatic carbocycles. The minimum Gasteiger partial charge on any atom is -0.357 e. The van der Waals surface area contributed by atoms with Crippen molar-refractivity contribution in [3.8, 4) is 12.3 Å². The average molecular weight is 205 g/mol. The highest BCUT2D eigenvalue weighted by Gasteiger charge is 2.11. The van der Waals surface area contributed by atoms with Gasteiger partial charge in [0.15, 0.2) is 0 Å². The highest BCUT2D eigenvalue weighted by atomic mass is 16.6. The van der Waals surface area contributed by atoms with Crippen molar-refractivity contribution in [2.75, 3.05) is 5.32 Å². The summed E-state index contributed by atoms with van der Waals surface area (Å²) in [5.74, 6) is 3.03. The Hall–Kier alpha value is -2.09. The lowest BCUT2D eigenvalue weighted by molar-refractivity contribution is -0.385. The molecular formula is C10H11N3O2. The van der Waals surface area contributed by atoms with Crippen LogP contribution in [0.25, 0.3) is 0 Å². The number of nitrogens with one attached hydrogen (secondary N) is 1. The van der Waals surface area contributed by atoms with Crippen molar-refractivity contribution in [2.45, 2.75) is 19.9 Å². The first-order chi connectivity index (χ1) is 7.04. The van der Waals surface area contributed by atoms with Gasteiger partial charge >= 0.3 is 0 Å². The molecule has 1 heterocycles. The summed E-state index contributed by atoms with van der Waals surface area (Å²) in [5, 5.41) is 13.5. The van der Waals surface area contributed by atoms with Gasteiger partial charge in [0.25, 0.3) is 5.69 Å². The number of hydrogen-bond donors (Lipinski definition) is 1. The number of rotatable bonds is 3. The number of anilines is 1. The second-order valence-electron chi connectivity index (χ2n) is 3.09. The molecule has 0 radical (unpaired) electrons. The van der Waals surface area contributed by atoms with Crippen LogP contribution in [0.1, 0.15) is 12.6 Å². The number of hydrogen-bond acceptors (Lipinski definition) is 4. The molecule has 0 fully saturated rings. The highest BCUT2D eigenvalue weighted by Crippen LogP contribution is 2.17. The molecule has 1 rings (SSSR count). The highest BCUT2D eigenvalue weighted by molar-refractivity contribution is 5.46. The Bertz CT molecular complexity index is 423. The molecule has 15 heavy (non-hydrogen) atoms. The summed E-state index contributed by atoms with van der Waals surface area (Å²) >= 11 is 0. The number of pyridine rings is 1. The lowest BCUT2D eigenvalue weighted by atomic mass is 10.3. The second-order valence-corrected chi connectivity index (χ2v) is 3.09. The normalized spacial score (nSPS) is 11.5. The van der Waals surface area contributed by atoms with Crippen LogP contribution in [0.4, 0.5) is 11.5 Å². The monoisotopic (exact) mass is 205 g/mol. The average Bonchev–Trinajstić information content (AvgIpc) is 2.17. The van der Waals surface area contributed by atoms with Gasteiger partial charge in [0.2, 0.25) is 0 Å². The number of aromatic nitrogens is 1. The molecule has 0 saturated carbocycles. The van der Waals surface area contributed by atoms with E-state index in [4.69, 9.17) is 6.42 Å². The van der Waals surface area contributed by atoms with Crippen LogP contribution < -0.4 is 5.32 Å². The van der Waals surface area contributed by atoms with Crippen molar-refractivity contribution in [1.82, 2.24) is 4.98 Å². The molecule has 5 nitrogen and oxygen atoms in total. The Morgan fingerprint density at radius 1 is 1.67 bits per heavy atom. The molecule has 0 aliphatic rings. The van der Waals surface area contributed by atoms with Crippen molar-refractivity contribution in [3.63, 3.8) is 0 Å². The van der Waals surface area contributed by atoms with Crippen LogP contribution in [-0.2, 0) is 0 Å². The fourth-order valence-electron chi connectivity index (χ4n) is 1.09. The summed E-state index contributed by atoms with van der Waals surface area (Å²) < 4.78 is 0. The van der Waals surface area contributed by atoms with Crippen LogP contribution in [0.5, 0.6) is 0 Å². The van der Waals surface area contributed by atoms with Crippen molar-refractivity contribution in [2.24, 2.45) is 0 Å². The van der Waals surface area contributed by atoms with E-state index in [9.17, 15) is 10.1 Å². The predicted octanol–water partition coefficient (Wildman–Crippen LogP) is 1.73. The molecule has 0 aliphatic heterocycles. The summed E-state index contributed by atoms with van der Waals surface area (Å²) in [7, 11) is 0. The fourth-order valence-corrected chi connectivity index (χ4v) is 1.09. The quantitative estimate of drug-likeness (QED) is 0.463. The molecule has 1 aromatic heterocycles. The van der Waals surface area contributed by atoms with Crippen molar-refractivity contribution in [3.05, 3.63) is 27.9 Å². The Balaban J connectivity index is 2.93. The van der Waals surface area contributed by atoms with E-state index in [1.165, 1.54) is 6.07 Å². The van der Waals surface area contributed by atoms with Crippen molar-refractivity contribution in [1.29, 1.82) is 0 Å². The van der Waals surface area contributed by atoms with Gasteiger partial charge in [0.05, 0.1) is 11.0 Å². The standard InChI is InChI=1S/C10H11N3O2/c1-4-7(2)11-10-6-5-9(13(14)15)8(3)12-10/h1,5-7H,2-3H3,(H,11,12). The number of terminal acetylenes is 1. The number of nitro groups is 1. The predicted molar refractivity (Wildman–Crippen MR) is 57.5 cm³/mol. The van der Waals surface area contributed by atoms with Gasteiger partial charge in [-0.25, -0.2) is 4.98 Å². The molecule has 0 spiro atoms. The second kappa shape index (κ2) is 4.42. The molecular weight excluding hydrogens is 194 g/mol. The van der Waals surface area contributed by atoms with Crippen molar-refractivity contribution < 1.29 is 4.92 Å². The molecule has 78 valence electrons. The summed E-state index contributed by atoms with van der Waals surface area (Å²) in [5.41, 5.74) is 0.378. The van der Waals surface area contributed by atoms with E-state index in [0.717, 1.165) is 0 Å². The lowest BCUT2D eigenvalue weighted by Crippen LogP contribution is -2.13. The third-order valence-electron chi connectivity index (χ3n) is 1.87. The van der Waals surface area contributed by atoms with Crippen molar-refractivity contribution >= 4 is 11.5 Å². The van der Waals surface area contributed by atoms with Crippen LogP contribution in [0, 0.1) is 29.4 Å². The Kier molecular flexibility index (Phi) is 3.24. The Morgan fingerprint density at radius 2 is 2.33 bits per heavy atom. The molecule has 0 saturated heterocycles. The minimum absolute atomic E-state index is 0.00825. The first-order valence-electron chi connectivity index (χ1n) is 4.39. The molecule has 1 aromatic rings. The van der Waals surface area contributed by atoms with Gasteiger partial charge in [-0.2, -0.15) is 0 Å². The third kappa shape index (κ3) is 2.68. The molecule has 1 unspecified atom stereocenters. The fraction of sp³-hybridized carbons (Fsp3) is 0.300. The van der Waals surface area contributed by atoms with E-state index in [-0.39, 0.29) is 11.7 Å². The smallest absolute Gasteiger partial charge is 0.290 e. The van der Waals surface area contributed by atoms with Gasteiger partial charge in [-0.3, -0.25) is 10.1 Å². The zero-order valence-electron chi connectivity index (χ0n) is 8.52. The van der Waals surface area contributed by atoms with Crippen LogP contribution in [0.3, 0.4) is 0 Å². The molecule has 0 amide bonds. The van der Waals surface area contributed by atoms with Gasteiger partial charge in [0, 0.05) is 6.07 Å². The summed E-state index contributed by atoms with van der Waals surface area (Å²) in [6, 6.07) is 2.80. The molecule has 1 atom stereocenters. The maximum atomic E-state index is 10.5. The first-order valence-corrected chi connectivity index (χ1v) is 4.39. The van der Waals surface area contributed by atoms with Gasteiger partial charge in [-0.1, -0.05) is 5.92 Å². The minimum atomic E-state index is -0.462. The largest absolute Gasteiger partial charge is 0.357 e. The van der Waals surface area contributed by atoms with Gasteiger partial charge in [0.1, 0.15) is 11.5 Å². The van der Waals surface area contributed by atoms with E-state index in [1.807, 2.05) is 0 Å². The first kappa shape index (κ1) is 11.0. The summed E-state index contributed by atoms with van der Waals surface area (Å²) in [4.78, 5) is 14.1. The van der Waals surface area contributed by atoms with Crippen LogP contribution in [0.2, 0.25) is 0 Å². The Morgan fingerprint density at radius 3 is 2.80 bits per heavy atom. The topological polar surface area (TPSA) is 68.1 Å². The molecule has 0 bridgehead atoms. The van der Waals surface area contributed by atoms with E-state index >= 15 is 0 Å². The zero-order chi connectivity index (χ0) is 11.4. The van der Waals surface area contributed by atoms with E-state index in [0.29, 0.717) is 11.5 Å². The van der Waals surface area contributed by atoms with Crippen LogP contribution >= 0.6 is 0 Å². The van der Waals surface area contributed by atoms with Gasteiger partial charge in [-0.15, -0.1) is 6.42 Å². The maximum absolute atomic E-state index is 10.5. The number of nitrogens with zero attached hydrogens (tertiary/aromatic N) is 2. The molecule has 5 heteroatoms. The molecule has 1 N–H and O–H groups in total. The zero-order valence-corrected chi connectivity index (χ0v) is 8.52. The van der Waals surface area contributed by atoms with Gasteiger partial charge < -0.3 is 5.32 Å². The SMILES string of the molecule is C#CC(C)Nc1ccc([N+](=O)[O-])c(C)n1. The lowest BCUT2D eigenvalue weighted by Gasteiger charge is -2.08. The van der Waals surface area contributed by atoms with E-state index in [2.05, 4.69) is 16.2 Å². The molecule has 0 aliphatic carbocycles. The van der Waals surface area contributed by atoms with Crippen LogP contribution in [0.15, 0.2) is 12.1 Å². The number of aryl methyl sites for hydroxylation is 1. The maximum Gasteiger partial charge on any atom is 0.290 e. The van der Waals surface area contributed by atoms with E-state index < -0.39 is 4.92 Å². The summed E-state index contributed by atoms with van der Waals surface area (Å²) in [6.07, 6.45) is 5.19. The third-order valence-corrected chi connectivity index (χ3v) is 1.87. The van der Waals surface area contributed by atoms with Crippen LogP contribution in [-0.4, -0.2) is 15.9 Å². The van der Waals surface area contributed by atoms with Gasteiger partial charge in [-0.05, 0) is 19.9 Å². The summed E-state index contributed by atoms with van der Waals surface area (Å²) in [6.45, 7) is 3.39.